The molecule has 3 aromatic rings. The number of hydrogen-bond donors (Lipinski definition) is 0. The minimum Gasteiger partial charge on any atom is -0.483 e. The smallest absolute Gasteiger partial charge is 0.192 e. The van der Waals surface area contributed by atoms with Crippen LogP contribution in [0.5, 0.6) is 5.75 Å². The lowest BCUT2D eigenvalue weighted by Gasteiger charge is -2.10. The number of aromatic nitrogens is 3. The average Bonchev–Trinajstić information content (AvgIpc) is 3.07. The molecule has 150 valence electrons. The zero-order valence-corrected chi connectivity index (χ0v) is 17.2. The number of halogens is 1. The Kier molecular flexibility index (Phi) is 6.82. The van der Waals surface area contributed by atoms with Gasteiger partial charge >= 0.3 is 0 Å². The predicted molar refractivity (Wildman–Crippen MR) is 112 cm³/mol. The molecule has 0 atom stereocenters. The van der Waals surface area contributed by atoms with Crippen molar-refractivity contribution in [1.82, 2.24) is 14.8 Å². The molecule has 1 heterocycles. The van der Waals surface area contributed by atoms with Crippen LogP contribution in [0.1, 0.15) is 27.3 Å². The van der Waals surface area contributed by atoms with E-state index in [0.29, 0.717) is 23.1 Å². The van der Waals surface area contributed by atoms with Crippen LogP contribution < -0.4 is 4.74 Å². The van der Waals surface area contributed by atoms with Crippen molar-refractivity contribution in [3.8, 4) is 5.75 Å². The molecule has 2 aromatic carbocycles. The number of nitrogens with zero attached hydrogens (tertiary/aromatic N) is 3. The minimum atomic E-state index is -0.434. The van der Waals surface area contributed by atoms with Crippen LogP contribution in [-0.2, 0) is 13.2 Å². The summed E-state index contributed by atoms with van der Waals surface area (Å²) in [6.07, 6.45) is 1.71. The maximum atomic E-state index is 13.7. The van der Waals surface area contributed by atoms with Crippen molar-refractivity contribution in [3.05, 3.63) is 83.5 Å². The first kappa shape index (κ1) is 20.8. The molecule has 0 saturated heterocycles. The van der Waals surface area contributed by atoms with Gasteiger partial charge < -0.3 is 4.74 Å². The lowest BCUT2D eigenvalue weighted by molar-refractivity contribution is 0.102. The van der Waals surface area contributed by atoms with Gasteiger partial charge in [0.15, 0.2) is 28.3 Å². The monoisotopic (exact) mass is 411 g/mol. The third kappa shape index (κ3) is 5.12. The standard InChI is InChI=1S/C22H22FN3O2S/c1-4-11-26-21(13-28-20-8-6-5-7-18(20)23)24-25-22(26)29-14-19(27)17-10-9-15(2)12-16(17)3/h4-10,12H,1,11,13-14H2,2-3H3. The normalized spacial score (nSPS) is 10.7. The van der Waals surface area contributed by atoms with Crippen LogP contribution >= 0.6 is 11.8 Å². The molecular formula is C22H22FN3O2S. The number of allylic oxidation sites excluding steroid dienone is 1. The predicted octanol–water partition coefficient (Wildman–Crippen LogP) is 4.77. The van der Waals surface area contributed by atoms with Crippen molar-refractivity contribution in [1.29, 1.82) is 0 Å². The van der Waals surface area contributed by atoms with E-state index in [-0.39, 0.29) is 23.9 Å². The molecule has 0 N–H and O–H groups in total. The van der Waals surface area contributed by atoms with Crippen molar-refractivity contribution < 1.29 is 13.9 Å². The van der Waals surface area contributed by atoms with Gasteiger partial charge in [0.25, 0.3) is 0 Å². The van der Waals surface area contributed by atoms with Crippen molar-refractivity contribution in [3.63, 3.8) is 0 Å². The van der Waals surface area contributed by atoms with Gasteiger partial charge in [-0.3, -0.25) is 9.36 Å². The zero-order chi connectivity index (χ0) is 20.8. The van der Waals surface area contributed by atoms with Gasteiger partial charge in [0.2, 0.25) is 0 Å². The van der Waals surface area contributed by atoms with Crippen LogP contribution in [-0.4, -0.2) is 26.3 Å². The number of benzene rings is 2. The van der Waals surface area contributed by atoms with Gasteiger partial charge in [-0.15, -0.1) is 16.8 Å². The number of para-hydroxylation sites is 1. The second kappa shape index (κ2) is 9.52. The third-order valence-corrected chi connectivity index (χ3v) is 5.28. The van der Waals surface area contributed by atoms with Crippen molar-refractivity contribution in [2.45, 2.75) is 32.2 Å². The Morgan fingerprint density at radius 2 is 2.03 bits per heavy atom. The van der Waals surface area contributed by atoms with E-state index < -0.39 is 5.82 Å². The lowest BCUT2D eigenvalue weighted by Crippen LogP contribution is -2.09. The molecule has 0 aliphatic carbocycles. The first-order chi connectivity index (χ1) is 14.0. The number of hydrogen-bond acceptors (Lipinski definition) is 5. The maximum Gasteiger partial charge on any atom is 0.192 e. The molecule has 0 fully saturated rings. The Hall–Kier alpha value is -2.93. The molecule has 7 heteroatoms. The van der Waals surface area contributed by atoms with Gasteiger partial charge in [0, 0.05) is 12.1 Å². The minimum absolute atomic E-state index is 0.0322. The Morgan fingerprint density at radius 3 is 2.76 bits per heavy atom. The van der Waals surface area contributed by atoms with Crippen molar-refractivity contribution in [2.75, 3.05) is 5.75 Å². The Labute approximate surface area is 173 Å². The number of rotatable bonds is 9. The van der Waals surface area contributed by atoms with E-state index in [1.807, 2.05) is 36.6 Å². The van der Waals surface area contributed by atoms with Gasteiger partial charge in [-0.1, -0.05) is 53.7 Å². The first-order valence-corrected chi connectivity index (χ1v) is 10.1. The van der Waals surface area contributed by atoms with E-state index in [1.54, 1.807) is 24.3 Å². The number of thioether (sulfide) groups is 1. The summed E-state index contributed by atoms with van der Waals surface area (Å²) in [5.74, 6) is 0.531. The fraction of sp³-hybridized carbons (Fsp3) is 0.227. The lowest BCUT2D eigenvalue weighted by atomic mass is 10.0. The summed E-state index contributed by atoms with van der Waals surface area (Å²) in [5, 5.41) is 8.91. The Morgan fingerprint density at radius 1 is 1.24 bits per heavy atom. The highest BCUT2D eigenvalue weighted by atomic mass is 32.2. The molecule has 0 bridgehead atoms. The van der Waals surface area contributed by atoms with Gasteiger partial charge in [-0.25, -0.2) is 4.39 Å². The summed E-state index contributed by atoms with van der Waals surface area (Å²) in [6.45, 7) is 8.22. The fourth-order valence-corrected chi connectivity index (χ4v) is 3.73. The molecule has 0 saturated carbocycles. The van der Waals surface area contributed by atoms with Gasteiger partial charge in [0.1, 0.15) is 6.61 Å². The highest BCUT2D eigenvalue weighted by Crippen LogP contribution is 2.22. The topological polar surface area (TPSA) is 57.0 Å². The largest absolute Gasteiger partial charge is 0.483 e. The highest BCUT2D eigenvalue weighted by Gasteiger charge is 2.16. The molecule has 29 heavy (non-hydrogen) atoms. The van der Waals surface area contributed by atoms with Crippen LogP contribution in [0.15, 0.2) is 60.3 Å². The summed E-state index contributed by atoms with van der Waals surface area (Å²) in [6, 6.07) is 12.0. The van der Waals surface area contributed by atoms with Crippen molar-refractivity contribution >= 4 is 17.5 Å². The molecule has 0 radical (unpaired) electrons. The second-order valence-electron chi connectivity index (χ2n) is 6.55. The highest BCUT2D eigenvalue weighted by molar-refractivity contribution is 7.99. The SMILES string of the molecule is C=CCn1c(COc2ccccc2F)nnc1SCC(=O)c1ccc(C)cc1C. The number of ketones is 1. The molecular weight excluding hydrogens is 389 g/mol. The van der Waals surface area contributed by atoms with E-state index >= 15 is 0 Å². The van der Waals surface area contributed by atoms with E-state index in [2.05, 4.69) is 16.8 Å². The number of Topliss-reactive ketones (excluding diaryl/α,β-unsaturated/α-hetero) is 1. The summed E-state index contributed by atoms with van der Waals surface area (Å²) < 4.78 is 21.1. The van der Waals surface area contributed by atoms with E-state index in [0.717, 1.165) is 11.1 Å². The summed E-state index contributed by atoms with van der Waals surface area (Å²) >= 11 is 1.31. The molecule has 0 amide bonds. The average molecular weight is 412 g/mol. The summed E-state index contributed by atoms with van der Waals surface area (Å²) in [4.78, 5) is 12.6. The zero-order valence-electron chi connectivity index (χ0n) is 16.4. The molecule has 5 nitrogen and oxygen atoms in total. The number of carbonyl (C=O) groups excluding carboxylic acids is 1. The fourth-order valence-electron chi connectivity index (χ4n) is 2.88. The van der Waals surface area contributed by atoms with Crippen LogP contribution in [0.3, 0.4) is 0 Å². The molecule has 3 rings (SSSR count). The summed E-state index contributed by atoms with van der Waals surface area (Å²) in [5.41, 5.74) is 2.79. The first-order valence-electron chi connectivity index (χ1n) is 9.13. The van der Waals surface area contributed by atoms with E-state index in [1.165, 1.54) is 17.8 Å². The Bertz CT molecular complexity index is 1030. The Balaban J connectivity index is 1.70. The van der Waals surface area contributed by atoms with Gasteiger partial charge in [-0.05, 0) is 31.5 Å². The van der Waals surface area contributed by atoms with Gasteiger partial charge in [-0.2, -0.15) is 0 Å². The molecule has 0 unspecified atom stereocenters. The molecule has 0 aliphatic rings. The van der Waals surface area contributed by atoms with Gasteiger partial charge in [0.05, 0.1) is 5.75 Å². The van der Waals surface area contributed by atoms with Crippen LogP contribution in [0.4, 0.5) is 4.39 Å². The molecule has 1 aromatic heterocycles. The third-order valence-electron chi connectivity index (χ3n) is 4.31. The number of aryl methyl sites for hydroxylation is 2. The van der Waals surface area contributed by atoms with E-state index in [9.17, 15) is 9.18 Å². The number of carbonyl (C=O) groups is 1. The van der Waals surface area contributed by atoms with Crippen LogP contribution in [0.2, 0.25) is 0 Å². The number of ether oxygens (including phenoxy) is 1. The quantitative estimate of drug-likeness (QED) is 0.288. The second-order valence-corrected chi connectivity index (χ2v) is 7.49. The molecule has 0 spiro atoms. The van der Waals surface area contributed by atoms with Crippen LogP contribution in [0, 0.1) is 19.7 Å². The van der Waals surface area contributed by atoms with Crippen molar-refractivity contribution in [2.24, 2.45) is 0 Å². The van der Waals surface area contributed by atoms with Crippen LogP contribution in [0.25, 0.3) is 0 Å². The molecule has 0 aliphatic heterocycles. The maximum absolute atomic E-state index is 13.7. The van der Waals surface area contributed by atoms with E-state index in [4.69, 9.17) is 4.74 Å². The summed E-state index contributed by atoms with van der Waals surface area (Å²) in [7, 11) is 0.